The van der Waals surface area contributed by atoms with Crippen molar-refractivity contribution in [3.05, 3.63) is 16.1 Å². The molecule has 0 amide bonds. The molecule has 2 heterocycles. The Morgan fingerprint density at radius 2 is 2.18 bits per heavy atom. The van der Waals surface area contributed by atoms with E-state index in [4.69, 9.17) is 4.98 Å². The van der Waals surface area contributed by atoms with Gasteiger partial charge in [-0.05, 0) is 44.7 Å². The number of rotatable bonds is 5. The summed E-state index contributed by atoms with van der Waals surface area (Å²) in [4.78, 5) is 4.74. The molecule has 0 spiro atoms. The molecule has 1 N–H and O–H groups in total. The summed E-state index contributed by atoms with van der Waals surface area (Å²) in [5.41, 5.74) is 1.32. The van der Waals surface area contributed by atoms with Gasteiger partial charge < -0.3 is 5.32 Å². The summed E-state index contributed by atoms with van der Waals surface area (Å²) in [6.45, 7) is 4.62. The van der Waals surface area contributed by atoms with E-state index in [9.17, 15) is 0 Å². The van der Waals surface area contributed by atoms with Gasteiger partial charge in [0, 0.05) is 11.8 Å². The number of unbranched alkanes of at least 4 members (excludes halogenated alkanes) is 1. The Morgan fingerprint density at radius 1 is 1.41 bits per heavy atom. The molecule has 0 unspecified atom stereocenters. The number of aryl methyl sites for hydroxylation is 1. The average Bonchev–Trinajstić information content (AvgIpc) is 2.75. The molecule has 1 saturated heterocycles. The molecule has 0 radical (unpaired) electrons. The summed E-state index contributed by atoms with van der Waals surface area (Å²) in [6, 6.07) is 0. The van der Waals surface area contributed by atoms with E-state index in [1.54, 1.807) is 0 Å². The van der Waals surface area contributed by atoms with Crippen LogP contribution in [-0.2, 0) is 12.8 Å². The van der Waals surface area contributed by atoms with Crippen LogP contribution >= 0.6 is 23.7 Å². The van der Waals surface area contributed by atoms with Crippen molar-refractivity contribution in [1.29, 1.82) is 0 Å². The zero-order chi connectivity index (χ0) is 11.2. The lowest BCUT2D eigenvalue weighted by atomic mass is 9.95. The highest BCUT2D eigenvalue weighted by Crippen LogP contribution is 2.21. The molecule has 0 aromatic carbocycles. The lowest BCUT2D eigenvalue weighted by Crippen LogP contribution is -2.28. The molecule has 0 atom stereocenters. The molecule has 0 aliphatic carbocycles. The molecule has 98 valence electrons. The molecule has 1 aromatic heterocycles. The molecular weight excluding hydrogens is 252 g/mol. The summed E-state index contributed by atoms with van der Waals surface area (Å²) in [6.07, 6.45) is 7.56. The molecule has 2 rings (SSSR count). The molecule has 1 aliphatic rings. The molecular formula is C13H23ClN2S. The van der Waals surface area contributed by atoms with Gasteiger partial charge in [-0.3, -0.25) is 0 Å². The van der Waals surface area contributed by atoms with Crippen molar-refractivity contribution >= 4 is 23.7 Å². The summed E-state index contributed by atoms with van der Waals surface area (Å²) in [5.74, 6) is 0.867. The average molecular weight is 275 g/mol. The number of nitrogens with one attached hydrogen (secondary N) is 1. The predicted molar refractivity (Wildman–Crippen MR) is 77.3 cm³/mol. The van der Waals surface area contributed by atoms with Gasteiger partial charge in [0.1, 0.15) is 0 Å². The van der Waals surface area contributed by atoms with Crippen molar-refractivity contribution in [3.8, 4) is 0 Å². The Hall–Kier alpha value is -0.120. The first kappa shape index (κ1) is 14.9. The molecule has 1 fully saturated rings. The van der Waals surface area contributed by atoms with Crippen LogP contribution in [0.3, 0.4) is 0 Å². The van der Waals surface area contributed by atoms with Gasteiger partial charge in [0.25, 0.3) is 0 Å². The second-order valence-corrected chi connectivity index (χ2v) is 5.68. The van der Waals surface area contributed by atoms with Gasteiger partial charge in [0.05, 0.1) is 10.7 Å². The van der Waals surface area contributed by atoms with Crippen molar-refractivity contribution < 1.29 is 0 Å². The third-order valence-corrected chi connectivity index (χ3v) is 4.23. The summed E-state index contributed by atoms with van der Waals surface area (Å²) >= 11 is 1.86. The quantitative estimate of drug-likeness (QED) is 0.890. The van der Waals surface area contributed by atoms with E-state index in [2.05, 4.69) is 17.6 Å². The first-order valence-corrected chi connectivity index (χ1v) is 7.40. The van der Waals surface area contributed by atoms with Crippen LogP contribution in [0.25, 0.3) is 0 Å². The van der Waals surface area contributed by atoms with E-state index in [-0.39, 0.29) is 12.4 Å². The number of hydrogen-bond donors (Lipinski definition) is 1. The zero-order valence-corrected chi connectivity index (χ0v) is 12.2. The van der Waals surface area contributed by atoms with E-state index in [1.165, 1.54) is 62.3 Å². The second-order valence-electron chi connectivity index (χ2n) is 4.73. The molecule has 0 saturated carbocycles. The highest BCUT2D eigenvalue weighted by atomic mass is 35.5. The van der Waals surface area contributed by atoms with Crippen LogP contribution in [0, 0.1) is 5.92 Å². The summed E-state index contributed by atoms with van der Waals surface area (Å²) in [7, 11) is 0. The highest BCUT2D eigenvalue weighted by Gasteiger charge is 2.15. The maximum Gasteiger partial charge on any atom is 0.0931 e. The number of piperidine rings is 1. The van der Waals surface area contributed by atoms with Gasteiger partial charge in [-0.25, -0.2) is 4.98 Å². The van der Waals surface area contributed by atoms with E-state index >= 15 is 0 Å². The highest BCUT2D eigenvalue weighted by molar-refractivity contribution is 7.09. The van der Waals surface area contributed by atoms with Crippen molar-refractivity contribution in [1.82, 2.24) is 10.3 Å². The minimum absolute atomic E-state index is 0. The number of halogens is 1. The van der Waals surface area contributed by atoms with Gasteiger partial charge >= 0.3 is 0 Å². The summed E-state index contributed by atoms with van der Waals surface area (Å²) < 4.78 is 0. The smallest absolute Gasteiger partial charge is 0.0931 e. The Labute approximate surface area is 115 Å². The fourth-order valence-corrected chi connectivity index (χ4v) is 3.19. The van der Waals surface area contributed by atoms with Crippen LogP contribution in [0.5, 0.6) is 0 Å². The topological polar surface area (TPSA) is 24.9 Å². The molecule has 1 aliphatic heterocycles. The van der Waals surface area contributed by atoms with Gasteiger partial charge in [-0.2, -0.15) is 0 Å². The fraction of sp³-hybridized carbons (Fsp3) is 0.769. The van der Waals surface area contributed by atoms with E-state index in [0.717, 1.165) is 5.92 Å². The minimum Gasteiger partial charge on any atom is -0.317 e. The maximum atomic E-state index is 4.74. The largest absolute Gasteiger partial charge is 0.317 e. The predicted octanol–water partition coefficient (Wildman–Crippen LogP) is 3.45. The maximum absolute atomic E-state index is 4.74. The summed E-state index contributed by atoms with van der Waals surface area (Å²) in [5, 5.41) is 7.03. The lowest BCUT2D eigenvalue weighted by molar-refractivity contribution is 0.372. The van der Waals surface area contributed by atoms with Crippen LogP contribution in [0.15, 0.2) is 5.38 Å². The minimum atomic E-state index is 0. The lowest BCUT2D eigenvalue weighted by Gasteiger charge is -2.21. The van der Waals surface area contributed by atoms with Crippen molar-refractivity contribution in [2.24, 2.45) is 5.92 Å². The molecule has 2 nitrogen and oxygen atoms in total. The first-order valence-electron chi connectivity index (χ1n) is 6.52. The number of hydrogen-bond acceptors (Lipinski definition) is 3. The Bertz CT molecular complexity index is 308. The van der Waals surface area contributed by atoms with Crippen LogP contribution in [0.1, 0.15) is 43.3 Å². The molecule has 4 heteroatoms. The van der Waals surface area contributed by atoms with Gasteiger partial charge in [0.15, 0.2) is 0 Å². The van der Waals surface area contributed by atoms with Gasteiger partial charge in [-0.1, -0.05) is 13.3 Å². The van der Waals surface area contributed by atoms with Crippen LogP contribution < -0.4 is 5.32 Å². The molecule has 17 heavy (non-hydrogen) atoms. The number of thiazole rings is 1. The van der Waals surface area contributed by atoms with Crippen molar-refractivity contribution in [3.63, 3.8) is 0 Å². The van der Waals surface area contributed by atoms with Gasteiger partial charge in [-0.15, -0.1) is 23.7 Å². The SMILES string of the molecule is CCCCc1csc(CC2CCNCC2)n1.Cl. The number of nitrogens with zero attached hydrogens (tertiary/aromatic N) is 1. The first-order chi connectivity index (χ1) is 7.88. The van der Waals surface area contributed by atoms with Crippen LogP contribution in [-0.4, -0.2) is 18.1 Å². The Kier molecular flexibility index (Phi) is 7.09. The van der Waals surface area contributed by atoms with E-state index < -0.39 is 0 Å². The standard InChI is InChI=1S/C13H22N2S.ClH/c1-2-3-4-12-10-16-13(15-12)9-11-5-7-14-8-6-11;/h10-11,14H,2-9H2,1H3;1H. The number of aromatic nitrogens is 1. The zero-order valence-electron chi connectivity index (χ0n) is 10.6. The van der Waals surface area contributed by atoms with Crippen LogP contribution in [0.4, 0.5) is 0 Å². The molecule has 0 bridgehead atoms. The van der Waals surface area contributed by atoms with Gasteiger partial charge in [0.2, 0.25) is 0 Å². The van der Waals surface area contributed by atoms with Crippen LogP contribution in [0.2, 0.25) is 0 Å². The fourth-order valence-electron chi connectivity index (χ4n) is 2.25. The third-order valence-electron chi connectivity index (χ3n) is 3.31. The molecule has 1 aromatic rings. The monoisotopic (exact) mass is 274 g/mol. The Morgan fingerprint density at radius 3 is 2.88 bits per heavy atom. The van der Waals surface area contributed by atoms with E-state index in [1.807, 2.05) is 11.3 Å². The Balaban J connectivity index is 0.00000144. The van der Waals surface area contributed by atoms with E-state index in [0.29, 0.717) is 0 Å². The van der Waals surface area contributed by atoms with Crippen molar-refractivity contribution in [2.75, 3.05) is 13.1 Å². The third kappa shape index (κ3) is 4.94. The normalized spacial score (nSPS) is 16.8. The van der Waals surface area contributed by atoms with Crippen molar-refractivity contribution in [2.45, 2.75) is 45.4 Å². The second kappa shape index (κ2) is 8.06.